The van der Waals surface area contributed by atoms with Gasteiger partial charge in [0, 0.05) is 6.42 Å². The van der Waals surface area contributed by atoms with Gasteiger partial charge in [-0.3, -0.25) is 0 Å². The van der Waals surface area contributed by atoms with Crippen molar-refractivity contribution in [2.24, 2.45) is 34.8 Å². The molecule has 0 spiro atoms. The summed E-state index contributed by atoms with van der Waals surface area (Å²) in [5.41, 5.74) is 6.50. The van der Waals surface area contributed by atoms with Gasteiger partial charge in [-0.1, -0.05) is 0 Å². The Bertz CT molecular complexity index is 399. The van der Waals surface area contributed by atoms with Crippen LogP contribution in [0.2, 0.25) is 0 Å². The van der Waals surface area contributed by atoms with Crippen molar-refractivity contribution in [2.75, 3.05) is 6.54 Å². The number of aromatic nitrogens is 4. The van der Waals surface area contributed by atoms with Crippen LogP contribution in [0.15, 0.2) is 0 Å². The third kappa shape index (κ3) is 1.40. The maximum atomic E-state index is 6.22. The van der Waals surface area contributed by atoms with Crippen molar-refractivity contribution in [3.05, 3.63) is 5.82 Å². The van der Waals surface area contributed by atoms with Crippen LogP contribution in [0.25, 0.3) is 0 Å². The molecule has 5 heteroatoms. The second-order valence-electron chi connectivity index (χ2n) is 6.77. The van der Waals surface area contributed by atoms with Gasteiger partial charge in [-0.2, -0.15) is 0 Å². The molecule has 5 rings (SSSR count). The second-order valence-corrected chi connectivity index (χ2v) is 6.77. The van der Waals surface area contributed by atoms with Gasteiger partial charge >= 0.3 is 0 Å². The Morgan fingerprint density at radius 3 is 2.28 bits per heavy atom. The summed E-state index contributed by atoms with van der Waals surface area (Å²) in [6.07, 6.45) is 8.01. The highest BCUT2D eigenvalue weighted by Gasteiger charge is 2.56. The van der Waals surface area contributed by atoms with Gasteiger partial charge in [0.25, 0.3) is 0 Å². The fourth-order valence-corrected chi connectivity index (χ4v) is 5.38. The van der Waals surface area contributed by atoms with Crippen LogP contribution in [0.4, 0.5) is 0 Å². The number of hydrogen-bond donors (Lipinski definition) is 2. The third-order valence-electron chi connectivity index (χ3n) is 6.03. The van der Waals surface area contributed by atoms with E-state index >= 15 is 0 Å². The fourth-order valence-electron chi connectivity index (χ4n) is 5.38. The zero-order valence-electron chi connectivity index (χ0n) is 10.7. The Morgan fingerprint density at radius 2 is 1.78 bits per heavy atom. The first kappa shape index (κ1) is 10.9. The zero-order valence-corrected chi connectivity index (χ0v) is 10.7. The minimum Gasteiger partial charge on any atom is -0.330 e. The second kappa shape index (κ2) is 3.76. The van der Waals surface area contributed by atoms with E-state index in [0.29, 0.717) is 0 Å². The van der Waals surface area contributed by atoms with Gasteiger partial charge in [0.15, 0.2) is 0 Å². The van der Waals surface area contributed by atoms with Gasteiger partial charge in [-0.15, -0.1) is 5.10 Å². The molecule has 4 bridgehead atoms. The monoisotopic (exact) mass is 247 g/mol. The van der Waals surface area contributed by atoms with Crippen LogP contribution in [-0.2, 0) is 6.42 Å². The first-order valence-electron chi connectivity index (χ1n) is 7.23. The lowest BCUT2D eigenvalue weighted by molar-refractivity contribution is -0.104. The van der Waals surface area contributed by atoms with Crippen LogP contribution in [0.3, 0.4) is 0 Å². The fraction of sp³-hybridized carbons (Fsp3) is 0.923. The van der Waals surface area contributed by atoms with Crippen LogP contribution < -0.4 is 5.73 Å². The standard InChI is InChI=1S/C13H21N5/c14-7-13(6-12-15-17-18-16-12)10-2-8-1-9(4-10)5-11(13)3-8/h8-11H,1-7,14H2,(H,15,16,17,18)/t8-,9?,10-,11+,13?. The molecule has 4 aliphatic rings. The van der Waals surface area contributed by atoms with Crippen LogP contribution in [0.5, 0.6) is 0 Å². The van der Waals surface area contributed by atoms with Gasteiger partial charge in [-0.05, 0) is 78.2 Å². The number of H-pyrrole nitrogens is 1. The van der Waals surface area contributed by atoms with E-state index in [2.05, 4.69) is 20.6 Å². The van der Waals surface area contributed by atoms with E-state index in [-0.39, 0.29) is 5.41 Å². The SMILES string of the molecule is NCC1(Cc2nnn[nH]2)[C@H]2CC3C[C@H](C2)C[C@H]1C3. The average Bonchev–Trinajstić information content (AvgIpc) is 2.86. The quantitative estimate of drug-likeness (QED) is 0.839. The summed E-state index contributed by atoms with van der Waals surface area (Å²) in [5.74, 6) is 4.51. The summed E-state index contributed by atoms with van der Waals surface area (Å²) >= 11 is 0. The summed E-state index contributed by atoms with van der Waals surface area (Å²) in [7, 11) is 0. The number of nitrogens with two attached hydrogens (primary N) is 1. The molecule has 0 unspecified atom stereocenters. The number of nitrogens with zero attached hydrogens (tertiary/aromatic N) is 3. The minimum atomic E-state index is 0.272. The molecular weight excluding hydrogens is 226 g/mol. The van der Waals surface area contributed by atoms with E-state index in [4.69, 9.17) is 5.73 Å². The Kier molecular flexibility index (Phi) is 2.28. The highest BCUT2D eigenvalue weighted by Crippen LogP contribution is 2.62. The largest absolute Gasteiger partial charge is 0.330 e. The van der Waals surface area contributed by atoms with Gasteiger partial charge in [0.05, 0.1) is 0 Å². The molecule has 0 aromatic carbocycles. The predicted octanol–water partition coefficient (Wildman–Crippen LogP) is 1.14. The summed E-state index contributed by atoms with van der Waals surface area (Å²) < 4.78 is 0. The molecule has 4 saturated carbocycles. The molecular formula is C13H21N5. The topological polar surface area (TPSA) is 80.5 Å². The van der Waals surface area contributed by atoms with Crippen molar-refractivity contribution >= 4 is 0 Å². The molecule has 5 nitrogen and oxygen atoms in total. The average molecular weight is 247 g/mol. The first-order valence-corrected chi connectivity index (χ1v) is 7.23. The Balaban J connectivity index is 1.67. The third-order valence-corrected chi connectivity index (χ3v) is 6.03. The van der Waals surface area contributed by atoms with Crippen molar-refractivity contribution < 1.29 is 0 Å². The van der Waals surface area contributed by atoms with Crippen LogP contribution in [0.1, 0.15) is 37.9 Å². The molecule has 4 aliphatic carbocycles. The number of tetrazole rings is 1. The van der Waals surface area contributed by atoms with Gasteiger partial charge in [0.2, 0.25) is 0 Å². The van der Waals surface area contributed by atoms with E-state index in [1.165, 1.54) is 32.1 Å². The van der Waals surface area contributed by atoms with E-state index in [1.54, 1.807) is 0 Å². The van der Waals surface area contributed by atoms with E-state index in [1.807, 2.05) is 0 Å². The summed E-state index contributed by atoms with van der Waals surface area (Å²) in [4.78, 5) is 0. The van der Waals surface area contributed by atoms with Gasteiger partial charge in [-0.25, -0.2) is 5.10 Å². The van der Waals surface area contributed by atoms with Crippen molar-refractivity contribution in [2.45, 2.75) is 38.5 Å². The highest BCUT2D eigenvalue weighted by atomic mass is 15.5. The number of nitrogens with one attached hydrogen (secondary N) is 1. The summed E-state index contributed by atoms with van der Waals surface area (Å²) in [6.45, 7) is 0.794. The lowest BCUT2D eigenvalue weighted by Gasteiger charge is -2.61. The van der Waals surface area contributed by atoms with E-state index < -0.39 is 0 Å². The smallest absolute Gasteiger partial charge is 0.149 e. The summed E-state index contributed by atoms with van der Waals surface area (Å²) in [6, 6.07) is 0. The number of aromatic amines is 1. The summed E-state index contributed by atoms with van der Waals surface area (Å²) in [5, 5.41) is 14.4. The normalized spacial score (nSPS) is 45.6. The maximum Gasteiger partial charge on any atom is 0.149 e. The molecule has 1 aromatic heterocycles. The van der Waals surface area contributed by atoms with Gasteiger partial charge < -0.3 is 5.73 Å². The molecule has 3 N–H and O–H groups in total. The lowest BCUT2D eigenvalue weighted by atomic mass is 9.44. The Hall–Kier alpha value is -0.970. The molecule has 98 valence electrons. The molecule has 0 atom stereocenters. The Labute approximate surface area is 107 Å². The van der Waals surface area contributed by atoms with Crippen LogP contribution >= 0.6 is 0 Å². The molecule has 1 heterocycles. The number of hydrogen-bond acceptors (Lipinski definition) is 4. The molecule has 18 heavy (non-hydrogen) atoms. The predicted molar refractivity (Wildman–Crippen MR) is 66.4 cm³/mol. The molecule has 0 aliphatic heterocycles. The molecule has 4 fully saturated rings. The lowest BCUT2D eigenvalue weighted by Crippen LogP contribution is -2.57. The first-order chi connectivity index (χ1) is 8.80. The highest BCUT2D eigenvalue weighted by molar-refractivity contribution is 5.09. The molecule has 0 radical (unpaired) electrons. The van der Waals surface area contributed by atoms with Crippen LogP contribution in [0, 0.1) is 29.1 Å². The minimum absolute atomic E-state index is 0.272. The zero-order chi connectivity index (χ0) is 12.2. The van der Waals surface area contributed by atoms with E-state index in [0.717, 1.165) is 42.5 Å². The maximum absolute atomic E-state index is 6.22. The van der Waals surface area contributed by atoms with Crippen molar-refractivity contribution in [1.29, 1.82) is 0 Å². The molecule has 0 saturated heterocycles. The van der Waals surface area contributed by atoms with E-state index in [9.17, 15) is 0 Å². The molecule has 0 amide bonds. The molecule has 1 aromatic rings. The Morgan fingerprint density at radius 1 is 1.11 bits per heavy atom. The van der Waals surface area contributed by atoms with Gasteiger partial charge in [0.1, 0.15) is 5.82 Å². The van der Waals surface area contributed by atoms with Crippen molar-refractivity contribution in [1.82, 2.24) is 20.6 Å². The van der Waals surface area contributed by atoms with Crippen molar-refractivity contribution in [3.8, 4) is 0 Å². The number of rotatable bonds is 3. The van der Waals surface area contributed by atoms with Crippen LogP contribution in [-0.4, -0.2) is 27.2 Å². The van der Waals surface area contributed by atoms with Crippen molar-refractivity contribution in [3.63, 3.8) is 0 Å².